The first-order valence-electron chi connectivity index (χ1n) is 9.46. The van der Waals surface area contributed by atoms with Crippen molar-refractivity contribution >= 4 is 29.9 Å². The van der Waals surface area contributed by atoms with Crippen molar-refractivity contribution in [3.05, 3.63) is 48.3 Å². The van der Waals surface area contributed by atoms with Crippen molar-refractivity contribution in [2.45, 2.75) is 45.1 Å². The number of carbonyl (C=O) groups is 2. The molecule has 2 aromatic rings. The second-order valence-electron chi connectivity index (χ2n) is 7.27. The number of amides is 2. The van der Waals surface area contributed by atoms with E-state index in [1.165, 1.54) is 10.9 Å². The topological polar surface area (TPSA) is 102 Å². The minimum Gasteiger partial charge on any atom is -0.372 e. The van der Waals surface area contributed by atoms with Gasteiger partial charge in [0, 0.05) is 19.3 Å². The first-order valence-corrected chi connectivity index (χ1v) is 9.46. The van der Waals surface area contributed by atoms with E-state index in [0.29, 0.717) is 25.2 Å². The van der Waals surface area contributed by atoms with Crippen molar-refractivity contribution < 1.29 is 14.3 Å². The van der Waals surface area contributed by atoms with E-state index >= 15 is 0 Å². The van der Waals surface area contributed by atoms with E-state index in [1.807, 2.05) is 44.2 Å². The molecule has 0 saturated carbocycles. The van der Waals surface area contributed by atoms with Crippen molar-refractivity contribution in [1.29, 1.82) is 0 Å². The fourth-order valence-electron chi connectivity index (χ4n) is 3.33. The summed E-state index contributed by atoms with van der Waals surface area (Å²) in [5, 5.41) is 6.92. The molecule has 2 amide bonds. The predicted octanol–water partition coefficient (Wildman–Crippen LogP) is 1.45. The number of nitrogens with two attached hydrogens (primary N) is 1. The van der Waals surface area contributed by atoms with E-state index in [2.05, 4.69) is 10.4 Å². The maximum Gasteiger partial charge on any atom is 0.244 e. The van der Waals surface area contributed by atoms with E-state index in [-0.39, 0.29) is 43.0 Å². The highest BCUT2D eigenvalue weighted by atomic mass is 35.5. The Bertz CT molecular complexity index is 803. The number of hydrogen-bond donors (Lipinski definition) is 2. The number of benzene rings is 1. The monoisotopic (exact) mass is 421 g/mol. The van der Waals surface area contributed by atoms with Gasteiger partial charge >= 0.3 is 0 Å². The molecule has 8 nitrogen and oxygen atoms in total. The van der Waals surface area contributed by atoms with Gasteiger partial charge in [0.25, 0.3) is 0 Å². The number of halogens is 1. The van der Waals surface area contributed by atoms with Crippen LogP contribution in [0, 0.1) is 0 Å². The number of rotatable bonds is 6. The lowest BCUT2D eigenvalue weighted by Gasteiger charge is -2.35. The summed E-state index contributed by atoms with van der Waals surface area (Å²) < 4.78 is 7.17. The minimum atomic E-state index is -0.663. The van der Waals surface area contributed by atoms with Gasteiger partial charge in [-0.25, -0.2) is 0 Å². The molecule has 158 valence electrons. The van der Waals surface area contributed by atoms with Gasteiger partial charge in [-0.2, -0.15) is 5.10 Å². The number of aromatic nitrogens is 2. The Hall–Kier alpha value is -2.42. The smallest absolute Gasteiger partial charge is 0.244 e. The third kappa shape index (κ3) is 6.56. The normalized spacial score (nSPS) is 19.9. The number of anilines is 1. The number of ether oxygens (including phenoxy) is 1. The molecule has 0 bridgehead atoms. The lowest BCUT2D eigenvalue weighted by atomic mass is 10.1. The van der Waals surface area contributed by atoms with E-state index < -0.39 is 6.04 Å². The number of nitrogens with zero attached hydrogens (tertiary/aromatic N) is 3. The summed E-state index contributed by atoms with van der Waals surface area (Å²) >= 11 is 0. The number of morpholine rings is 1. The van der Waals surface area contributed by atoms with Crippen LogP contribution in [0.5, 0.6) is 0 Å². The van der Waals surface area contributed by atoms with Crippen molar-refractivity contribution in [2.24, 2.45) is 5.73 Å². The third-order valence-electron chi connectivity index (χ3n) is 4.61. The molecule has 9 heteroatoms. The standard InChI is InChI=1S/C20H27N5O3.ClH/c1-14-10-24(11-15(2)28-14)19(26)13-25-12-17(9-22-25)23-20(27)18(21)8-16-6-4-3-5-7-16;/h3-7,9,12,14-15,18H,8,10-11,13,21H2,1-2H3,(H,23,27);1H/t14?,15?,18-;/m0./s1. The summed E-state index contributed by atoms with van der Waals surface area (Å²) in [5.41, 5.74) is 7.52. The average molecular weight is 422 g/mol. The average Bonchev–Trinajstić information content (AvgIpc) is 3.08. The van der Waals surface area contributed by atoms with Crippen LogP contribution in [-0.4, -0.2) is 57.8 Å². The van der Waals surface area contributed by atoms with Crippen LogP contribution in [0.1, 0.15) is 19.4 Å². The van der Waals surface area contributed by atoms with Crippen molar-refractivity contribution in [3.63, 3.8) is 0 Å². The Labute approximate surface area is 176 Å². The number of carbonyl (C=O) groups excluding carboxylic acids is 2. The molecule has 1 fully saturated rings. The van der Waals surface area contributed by atoms with Gasteiger partial charge in [-0.1, -0.05) is 30.3 Å². The van der Waals surface area contributed by atoms with E-state index in [1.54, 1.807) is 11.1 Å². The lowest BCUT2D eigenvalue weighted by molar-refractivity contribution is -0.144. The largest absolute Gasteiger partial charge is 0.372 e. The van der Waals surface area contributed by atoms with Gasteiger partial charge in [-0.15, -0.1) is 12.4 Å². The third-order valence-corrected chi connectivity index (χ3v) is 4.61. The molecule has 1 saturated heterocycles. The second-order valence-corrected chi connectivity index (χ2v) is 7.27. The Morgan fingerprint density at radius 2 is 1.90 bits per heavy atom. The lowest BCUT2D eigenvalue weighted by Crippen LogP contribution is -2.49. The van der Waals surface area contributed by atoms with Crippen LogP contribution in [0.3, 0.4) is 0 Å². The van der Waals surface area contributed by atoms with Gasteiger partial charge in [0.05, 0.1) is 30.1 Å². The second kappa shape index (κ2) is 10.4. The molecule has 3 atom stereocenters. The zero-order valence-corrected chi connectivity index (χ0v) is 17.5. The molecule has 0 spiro atoms. The summed E-state index contributed by atoms with van der Waals surface area (Å²) in [7, 11) is 0. The predicted molar refractivity (Wildman–Crippen MR) is 113 cm³/mol. The number of hydrogen-bond acceptors (Lipinski definition) is 5. The van der Waals surface area contributed by atoms with Gasteiger partial charge < -0.3 is 20.7 Å². The summed E-state index contributed by atoms with van der Waals surface area (Å²) in [6.45, 7) is 5.17. The molecule has 1 aromatic carbocycles. The molecule has 2 unspecified atom stereocenters. The van der Waals surface area contributed by atoms with E-state index in [4.69, 9.17) is 10.5 Å². The fraction of sp³-hybridized carbons (Fsp3) is 0.450. The minimum absolute atomic E-state index is 0. The van der Waals surface area contributed by atoms with Gasteiger partial charge in [-0.05, 0) is 25.8 Å². The van der Waals surface area contributed by atoms with Crippen LogP contribution in [0.2, 0.25) is 0 Å². The van der Waals surface area contributed by atoms with Crippen LogP contribution >= 0.6 is 12.4 Å². The molecule has 3 rings (SSSR count). The Morgan fingerprint density at radius 1 is 1.24 bits per heavy atom. The molecule has 1 aliphatic rings. The highest BCUT2D eigenvalue weighted by molar-refractivity contribution is 5.94. The van der Waals surface area contributed by atoms with Gasteiger partial charge in [-0.3, -0.25) is 14.3 Å². The molecule has 0 radical (unpaired) electrons. The molecular formula is C20H28ClN5O3. The number of nitrogens with one attached hydrogen (secondary N) is 1. The Balaban J connectivity index is 0.00000300. The van der Waals surface area contributed by atoms with Crippen LogP contribution in [-0.2, 0) is 27.3 Å². The fourth-order valence-corrected chi connectivity index (χ4v) is 3.33. The SMILES string of the molecule is CC1CN(C(=O)Cn2cc(NC(=O)[C@@H](N)Cc3ccccc3)cn2)CC(C)O1.Cl. The highest BCUT2D eigenvalue weighted by Crippen LogP contribution is 2.12. The maximum absolute atomic E-state index is 12.5. The summed E-state index contributed by atoms with van der Waals surface area (Å²) in [4.78, 5) is 26.6. The van der Waals surface area contributed by atoms with Crippen LogP contribution in [0.15, 0.2) is 42.7 Å². The van der Waals surface area contributed by atoms with Crippen molar-refractivity contribution in [3.8, 4) is 0 Å². The first kappa shape index (κ1) is 22.9. The summed E-state index contributed by atoms with van der Waals surface area (Å²) in [6, 6.07) is 8.95. The van der Waals surface area contributed by atoms with Gasteiger partial charge in [0.2, 0.25) is 11.8 Å². The first-order chi connectivity index (χ1) is 13.4. The summed E-state index contributed by atoms with van der Waals surface area (Å²) in [6.07, 6.45) is 3.65. The van der Waals surface area contributed by atoms with Crippen LogP contribution < -0.4 is 11.1 Å². The Morgan fingerprint density at radius 3 is 2.55 bits per heavy atom. The van der Waals surface area contributed by atoms with E-state index in [0.717, 1.165) is 5.56 Å². The highest BCUT2D eigenvalue weighted by Gasteiger charge is 2.26. The molecule has 29 heavy (non-hydrogen) atoms. The quantitative estimate of drug-likeness (QED) is 0.734. The molecule has 0 aliphatic carbocycles. The zero-order chi connectivity index (χ0) is 20.1. The van der Waals surface area contributed by atoms with Gasteiger partial charge in [0.15, 0.2) is 0 Å². The molecule has 3 N–H and O–H groups in total. The van der Waals surface area contributed by atoms with Crippen molar-refractivity contribution in [1.82, 2.24) is 14.7 Å². The molecule has 1 aliphatic heterocycles. The molecular weight excluding hydrogens is 394 g/mol. The van der Waals surface area contributed by atoms with Crippen LogP contribution in [0.4, 0.5) is 5.69 Å². The zero-order valence-electron chi connectivity index (χ0n) is 16.7. The van der Waals surface area contributed by atoms with Crippen LogP contribution in [0.25, 0.3) is 0 Å². The Kier molecular flexibility index (Phi) is 8.19. The van der Waals surface area contributed by atoms with Crippen molar-refractivity contribution in [2.75, 3.05) is 18.4 Å². The molecule has 1 aromatic heterocycles. The maximum atomic E-state index is 12.5. The molecule has 2 heterocycles. The van der Waals surface area contributed by atoms with E-state index in [9.17, 15) is 9.59 Å². The summed E-state index contributed by atoms with van der Waals surface area (Å²) in [5.74, 6) is -0.311. The van der Waals surface area contributed by atoms with Gasteiger partial charge in [0.1, 0.15) is 6.54 Å².